The summed E-state index contributed by atoms with van der Waals surface area (Å²) in [5, 5.41) is 7.12. The van der Waals surface area contributed by atoms with Crippen LogP contribution in [0.5, 0.6) is 0 Å². The highest BCUT2D eigenvalue weighted by Gasteiger charge is 2.38. The first-order valence-corrected chi connectivity index (χ1v) is 10.9. The molecule has 0 radical (unpaired) electrons. The molecule has 1 unspecified atom stereocenters. The number of aliphatic carboxylic acids is 1. The van der Waals surface area contributed by atoms with Crippen molar-refractivity contribution >= 4 is 16.0 Å². The standard InChI is InChI=1S/C18H18N4O2S.C2HF3O2/c23-25(24,16-4-2-1-3-5-16)21-12-15-6-7-18-20-13-17(22(15)18)14-8-10-19-11-9-14;3-2(4,5)1(6)7/h1-5,8-11,13,15,21H,6-7,12H2;(H,6,7). The van der Waals surface area contributed by atoms with E-state index in [0.717, 1.165) is 29.9 Å². The molecule has 170 valence electrons. The van der Waals surface area contributed by atoms with Crippen molar-refractivity contribution in [2.24, 2.45) is 0 Å². The summed E-state index contributed by atoms with van der Waals surface area (Å²) >= 11 is 0. The molecule has 0 bridgehead atoms. The quantitative estimate of drug-likeness (QED) is 0.595. The first-order chi connectivity index (χ1) is 15.1. The minimum Gasteiger partial charge on any atom is -0.475 e. The molecular weight excluding hydrogens is 449 g/mol. The molecule has 0 aliphatic carbocycles. The Morgan fingerprint density at radius 3 is 2.38 bits per heavy atom. The van der Waals surface area contributed by atoms with Gasteiger partial charge in [-0.2, -0.15) is 13.2 Å². The van der Waals surface area contributed by atoms with Crippen LogP contribution in [-0.2, 0) is 21.2 Å². The number of sulfonamides is 1. The number of carbonyl (C=O) groups is 1. The SMILES string of the molecule is O=C(O)C(F)(F)F.O=S(=O)(NCC1CCc2ncc(-c3ccncc3)n21)c1ccccc1. The zero-order chi connectivity index (χ0) is 23.4. The molecule has 4 rings (SSSR count). The number of hydrogen-bond acceptors (Lipinski definition) is 5. The van der Waals surface area contributed by atoms with Crippen LogP contribution in [0.2, 0.25) is 0 Å². The Morgan fingerprint density at radius 1 is 1.16 bits per heavy atom. The highest BCUT2D eigenvalue weighted by molar-refractivity contribution is 7.89. The summed E-state index contributed by atoms with van der Waals surface area (Å²) in [6, 6.07) is 12.4. The zero-order valence-electron chi connectivity index (χ0n) is 16.5. The van der Waals surface area contributed by atoms with Crippen molar-refractivity contribution in [1.82, 2.24) is 19.3 Å². The number of imidazole rings is 1. The second kappa shape index (κ2) is 9.49. The van der Waals surface area contributed by atoms with Gasteiger partial charge in [0.2, 0.25) is 10.0 Å². The maximum Gasteiger partial charge on any atom is 0.490 e. The van der Waals surface area contributed by atoms with Gasteiger partial charge in [-0.1, -0.05) is 18.2 Å². The molecule has 1 aliphatic heterocycles. The van der Waals surface area contributed by atoms with Crippen LogP contribution in [0.25, 0.3) is 11.3 Å². The molecule has 12 heteroatoms. The van der Waals surface area contributed by atoms with Crippen molar-refractivity contribution in [2.75, 3.05) is 6.54 Å². The number of rotatable bonds is 5. The second-order valence-electron chi connectivity index (χ2n) is 6.83. The van der Waals surface area contributed by atoms with Crippen LogP contribution in [-0.4, -0.2) is 46.7 Å². The number of fused-ring (bicyclic) bond motifs is 1. The number of alkyl halides is 3. The molecule has 0 amide bonds. The van der Waals surface area contributed by atoms with Crippen LogP contribution in [0.3, 0.4) is 0 Å². The van der Waals surface area contributed by atoms with Crippen molar-refractivity contribution in [3.63, 3.8) is 0 Å². The van der Waals surface area contributed by atoms with E-state index in [-0.39, 0.29) is 10.9 Å². The molecule has 8 nitrogen and oxygen atoms in total. The summed E-state index contributed by atoms with van der Waals surface area (Å²) in [6.07, 6.45) is 1.98. The van der Waals surface area contributed by atoms with E-state index in [4.69, 9.17) is 9.90 Å². The predicted octanol–water partition coefficient (Wildman–Crippen LogP) is 3.04. The number of carboxylic acids is 1. The van der Waals surface area contributed by atoms with Gasteiger partial charge < -0.3 is 9.67 Å². The van der Waals surface area contributed by atoms with Gasteiger partial charge >= 0.3 is 12.1 Å². The Bertz CT molecular complexity index is 1170. The summed E-state index contributed by atoms with van der Waals surface area (Å²) in [5.41, 5.74) is 2.03. The van der Waals surface area contributed by atoms with E-state index in [1.165, 1.54) is 0 Å². The van der Waals surface area contributed by atoms with Crippen LogP contribution in [0.4, 0.5) is 13.2 Å². The first kappa shape index (κ1) is 23.4. The molecule has 0 spiro atoms. The molecule has 1 aromatic carbocycles. The van der Waals surface area contributed by atoms with E-state index in [9.17, 15) is 21.6 Å². The lowest BCUT2D eigenvalue weighted by Gasteiger charge is -2.17. The number of benzene rings is 1. The molecule has 1 aliphatic rings. The lowest BCUT2D eigenvalue weighted by molar-refractivity contribution is -0.192. The second-order valence-corrected chi connectivity index (χ2v) is 8.59. The third kappa shape index (κ3) is 5.51. The van der Waals surface area contributed by atoms with E-state index in [1.54, 1.807) is 42.7 Å². The van der Waals surface area contributed by atoms with Gasteiger partial charge in [0.05, 0.1) is 16.8 Å². The molecular formula is C20H19F3N4O4S. The lowest BCUT2D eigenvalue weighted by atomic mass is 10.1. The minimum absolute atomic E-state index is 0.0548. The van der Waals surface area contributed by atoms with Crippen LogP contribution in [0.15, 0.2) is 66.0 Å². The molecule has 3 aromatic rings. The number of pyridine rings is 1. The third-order valence-corrected chi connectivity index (χ3v) is 6.16. The summed E-state index contributed by atoms with van der Waals surface area (Å²) in [7, 11) is -3.50. The number of nitrogens with one attached hydrogen (secondary N) is 1. The molecule has 0 saturated heterocycles. The number of aromatic nitrogens is 3. The molecule has 0 saturated carbocycles. The van der Waals surface area contributed by atoms with E-state index in [2.05, 4.69) is 19.3 Å². The van der Waals surface area contributed by atoms with Crippen molar-refractivity contribution in [3.05, 3.63) is 66.9 Å². The number of nitrogens with zero attached hydrogens (tertiary/aromatic N) is 3. The summed E-state index contributed by atoms with van der Waals surface area (Å²) < 4.78 is 61.5. The smallest absolute Gasteiger partial charge is 0.475 e. The van der Waals surface area contributed by atoms with Crippen LogP contribution < -0.4 is 4.72 Å². The van der Waals surface area contributed by atoms with Gasteiger partial charge in [-0.05, 0) is 30.7 Å². The van der Waals surface area contributed by atoms with Crippen molar-refractivity contribution in [1.29, 1.82) is 0 Å². The van der Waals surface area contributed by atoms with Gasteiger partial charge in [-0.15, -0.1) is 0 Å². The highest BCUT2D eigenvalue weighted by Crippen LogP contribution is 2.32. The normalized spacial score (nSPS) is 15.5. The van der Waals surface area contributed by atoms with E-state index >= 15 is 0 Å². The largest absolute Gasteiger partial charge is 0.490 e. The first-order valence-electron chi connectivity index (χ1n) is 9.41. The fourth-order valence-corrected chi connectivity index (χ4v) is 4.33. The van der Waals surface area contributed by atoms with Gasteiger partial charge in [-0.25, -0.2) is 22.9 Å². The zero-order valence-corrected chi connectivity index (χ0v) is 17.3. The van der Waals surface area contributed by atoms with Crippen molar-refractivity contribution < 1.29 is 31.5 Å². The van der Waals surface area contributed by atoms with Gasteiger partial charge in [0, 0.05) is 37.0 Å². The molecule has 2 aromatic heterocycles. The van der Waals surface area contributed by atoms with Crippen LogP contribution in [0.1, 0.15) is 18.3 Å². The van der Waals surface area contributed by atoms with Crippen molar-refractivity contribution in [3.8, 4) is 11.3 Å². The summed E-state index contributed by atoms with van der Waals surface area (Å²) in [5.74, 6) is -1.76. The van der Waals surface area contributed by atoms with E-state index in [1.807, 2.05) is 18.3 Å². The molecule has 2 N–H and O–H groups in total. The topological polar surface area (TPSA) is 114 Å². The lowest BCUT2D eigenvalue weighted by Crippen LogP contribution is -2.29. The molecule has 0 fully saturated rings. The summed E-state index contributed by atoms with van der Waals surface area (Å²) in [6.45, 7) is 0.346. The molecule has 1 atom stereocenters. The van der Waals surface area contributed by atoms with Crippen LogP contribution >= 0.6 is 0 Å². The van der Waals surface area contributed by atoms with Gasteiger partial charge in [-0.3, -0.25) is 4.98 Å². The number of carboxylic acid groups (broad SMARTS) is 1. The maximum atomic E-state index is 12.4. The average molecular weight is 468 g/mol. The predicted molar refractivity (Wildman–Crippen MR) is 108 cm³/mol. The van der Waals surface area contributed by atoms with Crippen LogP contribution in [0, 0.1) is 0 Å². The third-order valence-electron chi connectivity index (χ3n) is 4.72. The number of hydrogen-bond donors (Lipinski definition) is 2. The highest BCUT2D eigenvalue weighted by atomic mass is 32.2. The Balaban J connectivity index is 0.000000360. The average Bonchev–Trinajstić information content (AvgIpc) is 3.36. The fraction of sp³-hybridized carbons (Fsp3) is 0.250. The van der Waals surface area contributed by atoms with E-state index in [0.29, 0.717) is 6.54 Å². The molecule has 3 heterocycles. The molecule has 32 heavy (non-hydrogen) atoms. The number of aryl methyl sites for hydroxylation is 1. The van der Waals surface area contributed by atoms with Gasteiger partial charge in [0.1, 0.15) is 5.82 Å². The van der Waals surface area contributed by atoms with Crippen molar-refractivity contribution in [2.45, 2.75) is 30.0 Å². The monoisotopic (exact) mass is 468 g/mol. The van der Waals surface area contributed by atoms with E-state index < -0.39 is 22.2 Å². The minimum atomic E-state index is -5.08. The fourth-order valence-electron chi connectivity index (χ4n) is 3.23. The number of halogens is 3. The van der Waals surface area contributed by atoms with Gasteiger partial charge in [0.25, 0.3) is 0 Å². The Morgan fingerprint density at radius 2 is 1.78 bits per heavy atom. The van der Waals surface area contributed by atoms with Gasteiger partial charge in [0.15, 0.2) is 0 Å². The Hall–Kier alpha value is -3.25. The Kier molecular flexibility index (Phi) is 6.94. The maximum absolute atomic E-state index is 12.4. The Labute approximate surface area is 181 Å². The summed E-state index contributed by atoms with van der Waals surface area (Å²) in [4.78, 5) is 17.7.